The Morgan fingerprint density at radius 1 is 1.24 bits per heavy atom. The number of carbonyl (C=O) groups excluding carboxylic acids is 2. The van der Waals surface area contributed by atoms with Gasteiger partial charge in [-0.2, -0.15) is 0 Å². The van der Waals surface area contributed by atoms with Gasteiger partial charge in [0, 0.05) is 17.2 Å². The lowest BCUT2D eigenvalue weighted by atomic mass is 10.0. The van der Waals surface area contributed by atoms with E-state index in [1.807, 2.05) is 25.1 Å². The molecule has 1 saturated carbocycles. The molecular formula is C16H20N2O2S. The molecule has 3 rings (SSSR count). The summed E-state index contributed by atoms with van der Waals surface area (Å²) in [5.41, 5.74) is 0. The van der Waals surface area contributed by atoms with Crippen LogP contribution < -0.4 is 5.32 Å². The minimum atomic E-state index is -0.358. The smallest absolute Gasteiger partial charge is 0.246 e. The molecule has 2 aliphatic rings. The van der Waals surface area contributed by atoms with Gasteiger partial charge < -0.3 is 10.2 Å². The van der Waals surface area contributed by atoms with Crippen LogP contribution in [0.2, 0.25) is 0 Å². The van der Waals surface area contributed by atoms with Crippen molar-refractivity contribution in [3.63, 3.8) is 0 Å². The van der Waals surface area contributed by atoms with Crippen molar-refractivity contribution in [2.75, 3.05) is 12.3 Å². The fourth-order valence-electron chi connectivity index (χ4n) is 2.68. The summed E-state index contributed by atoms with van der Waals surface area (Å²) < 4.78 is 0. The van der Waals surface area contributed by atoms with Crippen molar-refractivity contribution in [3.8, 4) is 0 Å². The second-order valence-corrected chi connectivity index (χ2v) is 6.86. The first kappa shape index (κ1) is 14.4. The van der Waals surface area contributed by atoms with E-state index in [4.69, 9.17) is 0 Å². The minimum absolute atomic E-state index is 0.0174. The van der Waals surface area contributed by atoms with E-state index < -0.39 is 0 Å². The Morgan fingerprint density at radius 3 is 2.62 bits per heavy atom. The molecule has 1 aromatic carbocycles. The molecule has 1 aliphatic carbocycles. The summed E-state index contributed by atoms with van der Waals surface area (Å²) in [6.45, 7) is 2.43. The highest BCUT2D eigenvalue weighted by Gasteiger charge is 2.45. The molecule has 1 aliphatic heterocycles. The first-order chi connectivity index (χ1) is 10.2. The van der Waals surface area contributed by atoms with E-state index in [-0.39, 0.29) is 23.9 Å². The Hall–Kier alpha value is -1.49. The average molecular weight is 304 g/mol. The topological polar surface area (TPSA) is 49.4 Å². The van der Waals surface area contributed by atoms with Crippen molar-refractivity contribution >= 4 is 23.6 Å². The van der Waals surface area contributed by atoms with Gasteiger partial charge in [0.25, 0.3) is 0 Å². The van der Waals surface area contributed by atoms with Crippen LogP contribution in [0.1, 0.15) is 19.8 Å². The second-order valence-electron chi connectivity index (χ2n) is 5.69. The fraction of sp³-hybridized carbons (Fsp3) is 0.500. The van der Waals surface area contributed by atoms with Gasteiger partial charge in [-0.15, -0.1) is 11.8 Å². The Kier molecular flexibility index (Phi) is 4.19. The number of thioether (sulfide) groups is 1. The summed E-state index contributed by atoms with van der Waals surface area (Å²) in [6, 6.07) is 9.49. The Morgan fingerprint density at radius 2 is 1.95 bits per heavy atom. The van der Waals surface area contributed by atoms with E-state index in [9.17, 15) is 9.59 Å². The fourth-order valence-corrected chi connectivity index (χ4v) is 3.55. The lowest BCUT2D eigenvalue weighted by molar-refractivity contribution is -0.148. The molecule has 1 aromatic rings. The summed E-state index contributed by atoms with van der Waals surface area (Å²) in [5, 5.41) is 2.88. The highest BCUT2D eigenvalue weighted by molar-refractivity contribution is 7.99. The number of carbonyl (C=O) groups is 2. The first-order valence-electron chi connectivity index (χ1n) is 7.45. The minimum Gasteiger partial charge on any atom is -0.342 e. The molecule has 1 heterocycles. The van der Waals surface area contributed by atoms with Gasteiger partial charge in [-0.1, -0.05) is 18.2 Å². The van der Waals surface area contributed by atoms with Gasteiger partial charge in [0.1, 0.15) is 12.1 Å². The molecule has 2 fully saturated rings. The van der Waals surface area contributed by atoms with Gasteiger partial charge in [-0.3, -0.25) is 9.59 Å². The van der Waals surface area contributed by atoms with Crippen molar-refractivity contribution in [1.29, 1.82) is 0 Å². The Bertz CT molecular complexity index is 530. The first-order valence-corrected chi connectivity index (χ1v) is 8.44. The van der Waals surface area contributed by atoms with Crippen LogP contribution >= 0.6 is 11.8 Å². The molecule has 112 valence electrons. The normalized spacial score (nSPS) is 25.9. The summed E-state index contributed by atoms with van der Waals surface area (Å²) >= 11 is 1.72. The zero-order valence-corrected chi connectivity index (χ0v) is 12.9. The highest BCUT2D eigenvalue weighted by Crippen LogP contribution is 2.35. The summed E-state index contributed by atoms with van der Waals surface area (Å²) in [7, 11) is 0. The number of hydrogen-bond donors (Lipinski definition) is 1. The second kappa shape index (κ2) is 6.10. The van der Waals surface area contributed by atoms with Crippen LogP contribution in [0.3, 0.4) is 0 Å². The van der Waals surface area contributed by atoms with Crippen LogP contribution in [-0.2, 0) is 9.59 Å². The van der Waals surface area contributed by atoms with E-state index >= 15 is 0 Å². The number of hydrogen-bond acceptors (Lipinski definition) is 3. The van der Waals surface area contributed by atoms with Crippen LogP contribution in [0.15, 0.2) is 35.2 Å². The van der Waals surface area contributed by atoms with Crippen LogP contribution in [-0.4, -0.2) is 41.1 Å². The van der Waals surface area contributed by atoms with Crippen molar-refractivity contribution in [1.82, 2.24) is 10.2 Å². The van der Waals surface area contributed by atoms with Gasteiger partial charge in [-0.25, -0.2) is 0 Å². The van der Waals surface area contributed by atoms with E-state index in [0.29, 0.717) is 12.5 Å². The van der Waals surface area contributed by atoms with Crippen molar-refractivity contribution in [3.05, 3.63) is 30.3 Å². The quantitative estimate of drug-likeness (QED) is 0.845. The predicted octanol–water partition coefficient (Wildman–Crippen LogP) is 1.90. The third-order valence-electron chi connectivity index (χ3n) is 4.13. The van der Waals surface area contributed by atoms with Crippen LogP contribution in [0, 0.1) is 5.92 Å². The van der Waals surface area contributed by atoms with Gasteiger partial charge in [0.05, 0.1) is 0 Å². The molecule has 1 N–H and O–H groups in total. The number of nitrogens with zero attached hydrogens (tertiary/aromatic N) is 1. The number of nitrogens with one attached hydrogen (secondary N) is 1. The molecule has 0 radical (unpaired) electrons. The monoisotopic (exact) mass is 304 g/mol. The van der Waals surface area contributed by atoms with E-state index in [2.05, 4.69) is 17.4 Å². The zero-order chi connectivity index (χ0) is 14.8. The molecule has 2 atom stereocenters. The van der Waals surface area contributed by atoms with E-state index in [1.165, 1.54) is 4.90 Å². The van der Waals surface area contributed by atoms with Gasteiger partial charge in [-0.05, 0) is 37.8 Å². The van der Waals surface area contributed by atoms with E-state index in [0.717, 1.165) is 18.6 Å². The molecule has 21 heavy (non-hydrogen) atoms. The van der Waals surface area contributed by atoms with Crippen molar-refractivity contribution in [2.45, 2.75) is 36.7 Å². The number of piperazine rings is 1. The van der Waals surface area contributed by atoms with Crippen LogP contribution in [0.5, 0.6) is 0 Å². The molecule has 0 aromatic heterocycles. The highest BCUT2D eigenvalue weighted by atomic mass is 32.2. The maximum Gasteiger partial charge on any atom is 0.246 e. The number of rotatable bonds is 5. The summed E-state index contributed by atoms with van der Waals surface area (Å²) in [6.07, 6.45) is 2.11. The molecule has 5 heteroatoms. The zero-order valence-electron chi connectivity index (χ0n) is 12.1. The van der Waals surface area contributed by atoms with Crippen LogP contribution in [0.4, 0.5) is 0 Å². The number of amides is 2. The molecule has 2 unspecified atom stereocenters. The Labute approximate surface area is 129 Å². The third-order valence-corrected chi connectivity index (χ3v) is 5.12. The third kappa shape index (κ3) is 3.23. The Balaban J connectivity index is 1.59. The van der Waals surface area contributed by atoms with Gasteiger partial charge in [0.2, 0.25) is 11.8 Å². The van der Waals surface area contributed by atoms with Crippen LogP contribution in [0.25, 0.3) is 0 Å². The summed E-state index contributed by atoms with van der Waals surface area (Å²) in [4.78, 5) is 27.5. The predicted molar refractivity (Wildman–Crippen MR) is 83.0 cm³/mol. The SMILES string of the molecule is CC1C(=O)NC(C2CC2)C(=O)N1CCSc1ccccc1. The van der Waals surface area contributed by atoms with Gasteiger partial charge >= 0.3 is 0 Å². The maximum absolute atomic E-state index is 12.5. The molecule has 1 saturated heterocycles. The lowest BCUT2D eigenvalue weighted by Crippen LogP contribution is -2.63. The molecule has 0 spiro atoms. The molecule has 0 bridgehead atoms. The average Bonchev–Trinajstić information content (AvgIpc) is 3.32. The van der Waals surface area contributed by atoms with Gasteiger partial charge in [0.15, 0.2) is 0 Å². The van der Waals surface area contributed by atoms with Crippen molar-refractivity contribution in [2.24, 2.45) is 5.92 Å². The standard InChI is InChI=1S/C16H20N2O2S/c1-11-15(19)17-14(12-7-8-12)16(20)18(11)9-10-21-13-5-3-2-4-6-13/h2-6,11-12,14H,7-10H2,1H3,(H,17,19). The largest absolute Gasteiger partial charge is 0.342 e. The van der Waals surface area contributed by atoms with Crippen molar-refractivity contribution < 1.29 is 9.59 Å². The molecule has 2 amide bonds. The van der Waals surface area contributed by atoms with E-state index in [1.54, 1.807) is 16.7 Å². The maximum atomic E-state index is 12.5. The molecule has 4 nitrogen and oxygen atoms in total. The molecular weight excluding hydrogens is 284 g/mol. The number of benzene rings is 1. The lowest BCUT2D eigenvalue weighted by Gasteiger charge is -2.37. The summed E-state index contributed by atoms with van der Waals surface area (Å²) in [5.74, 6) is 1.25.